The van der Waals surface area contributed by atoms with E-state index in [9.17, 15) is 46.8 Å². The molecule has 8 rings (SSSR count). The summed E-state index contributed by atoms with van der Waals surface area (Å²) in [5.74, 6) is -4.33. The van der Waals surface area contributed by atoms with Gasteiger partial charge in [0.25, 0.3) is 5.89 Å². The number of pyridine rings is 1. The second kappa shape index (κ2) is 21.4. The fourth-order valence-electron chi connectivity index (χ4n) is 10.5. The Labute approximate surface area is 411 Å². The Hall–Kier alpha value is -7.03. The zero-order valence-corrected chi connectivity index (χ0v) is 40.5. The summed E-state index contributed by atoms with van der Waals surface area (Å²) in [5, 5.41) is 31.5. The summed E-state index contributed by atoms with van der Waals surface area (Å²) >= 11 is 0. The lowest BCUT2D eigenvalue weighted by Crippen LogP contribution is -2.55. The Bertz CT molecular complexity index is 2710. The van der Waals surface area contributed by atoms with Crippen LogP contribution in [0.25, 0.3) is 6.08 Å². The molecule has 4 fully saturated rings. The number of amides is 3. The molecule has 0 bridgehead atoms. The molecule has 5 atom stereocenters. The van der Waals surface area contributed by atoms with Crippen molar-refractivity contribution in [3.8, 4) is 12.1 Å². The highest BCUT2D eigenvalue weighted by Crippen LogP contribution is 2.46. The van der Waals surface area contributed by atoms with E-state index in [4.69, 9.17) is 35.2 Å². The second-order valence-corrected chi connectivity index (χ2v) is 19.1. The van der Waals surface area contributed by atoms with E-state index in [0.717, 1.165) is 24.9 Å². The number of ether oxygens (including phenoxy) is 1. The van der Waals surface area contributed by atoms with Crippen molar-refractivity contribution in [3.05, 3.63) is 63.2 Å². The van der Waals surface area contributed by atoms with Crippen molar-refractivity contribution in [2.45, 2.75) is 128 Å². The predicted molar refractivity (Wildman–Crippen MR) is 247 cm³/mol. The largest absolute Gasteiger partial charge is 0.478 e. The van der Waals surface area contributed by atoms with Crippen LogP contribution in [0, 0.1) is 24.2 Å². The molecule has 386 valence electrons. The number of aromatic nitrogens is 5. The van der Waals surface area contributed by atoms with E-state index >= 15 is 0 Å². The number of nitrogen functional groups attached to an aromatic ring is 1. The zero-order chi connectivity index (χ0) is 52.4. The zero-order valence-electron chi connectivity index (χ0n) is 40.5. The normalized spacial score (nSPS) is 23.7. The smallest absolute Gasteiger partial charge is 0.418 e. The molecule has 1 aliphatic carbocycles. The Morgan fingerprint density at radius 3 is 2.40 bits per heavy atom. The lowest BCUT2D eigenvalue weighted by atomic mass is 9.75. The Kier molecular flexibility index (Phi) is 15.7. The lowest BCUT2D eigenvalue weighted by molar-refractivity contribution is -0.144. The monoisotopic (exact) mass is 1010 g/mol. The van der Waals surface area contributed by atoms with Crippen LogP contribution in [-0.2, 0) is 43.0 Å². The maximum Gasteiger partial charge on any atom is 0.418 e. The topological polar surface area (TPSA) is 275 Å². The molecule has 3 amide bonds. The quantitative estimate of drug-likeness (QED) is 0.110. The van der Waals surface area contributed by atoms with Gasteiger partial charge in [0, 0.05) is 75.0 Å². The van der Waals surface area contributed by atoms with Crippen LogP contribution in [0.3, 0.4) is 0 Å². The number of nitrogens with zero attached hydrogens (tertiary/aromatic N) is 10. The maximum absolute atomic E-state index is 14.6. The third kappa shape index (κ3) is 11.0. The first-order valence-electron chi connectivity index (χ1n) is 23.8. The number of fused-ring (bicyclic) bond motifs is 2. The average molecular weight is 1010 g/mol. The van der Waals surface area contributed by atoms with E-state index in [1.165, 1.54) is 32.1 Å². The number of halogens is 4. The number of likely N-dealkylation sites (tertiary alicyclic amines) is 1. The molecule has 20 nitrogen and oxygen atoms in total. The summed E-state index contributed by atoms with van der Waals surface area (Å²) in [6.45, 7) is 10.8. The van der Waals surface area contributed by atoms with Crippen LogP contribution < -0.4 is 15.4 Å². The summed E-state index contributed by atoms with van der Waals surface area (Å²) < 4.78 is 69.7. The number of carboxylic acids is 2. The fraction of sp³-hybridized carbons (Fsp3) is 0.562. The van der Waals surface area contributed by atoms with Gasteiger partial charge in [-0.3, -0.25) is 19.3 Å². The van der Waals surface area contributed by atoms with Crippen LogP contribution in [-0.4, -0.2) is 137 Å². The van der Waals surface area contributed by atoms with Crippen LogP contribution in [0.15, 0.2) is 27.9 Å². The molecular weight excluding hydrogens is 951 g/mol. The number of hydrogen-bond donors (Lipinski definition) is 3. The number of nitrogens with two attached hydrogens (primary N) is 1. The van der Waals surface area contributed by atoms with Gasteiger partial charge in [0.05, 0.1) is 46.6 Å². The number of anilines is 2. The minimum atomic E-state index is -4.64. The van der Waals surface area contributed by atoms with Gasteiger partial charge in [0.15, 0.2) is 5.82 Å². The van der Waals surface area contributed by atoms with Crippen molar-refractivity contribution in [1.82, 2.24) is 39.8 Å². The van der Waals surface area contributed by atoms with Crippen molar-refractivity contribution < 1.29 is 61.0 Å². The number of carbonyl (C=O) groups is 5. The van der Waals surface area contributed by atoms with E-state index < -0.39 is 70.4 Å². The predicted octanol–water partition coefficient (Wildman–Crippen LogP) is 5.37. The van der Waals surface area contributed by atoms with Gasteiger partial charge < -0.3 is 35.0 Å². The number of imide groups is 1. The van der Waals surface area contributed by atoms with Crippen LogP contribution in [0.5, 0.6) is 6.01 Å². The van der Waals surface area contributed by atoms with Gasteiger partial charge in [-0.05, 0) is 63.1 Å². The Morgan fingerprint density at radius 2 is 1.78 bits per heavy atom. The molecule has 4 aliphatic heterocycles. The van der Waals surface area contributed by atoms with Crippen LogP contribution in [0.2, 0.25) is 0 Å². The average Bonchev–Trinajstić information content (AvgIpc) is 4.09. The first-order valence-corrected chi connectivity index (χ1v) is 23.8. The number of carboxylic acid groups (broad SMARTS) is 2. The first-order chi connectivity index (χ1) is 34.0. The number of alkyl halides is 4. The van der Waals surface area contributed by atoms with Crippen molar-refractivity contribution >= 4 is 47.4 Å². The molecule has 4 N–H and O–H groups in total. The highest BCUT2D eigenvalue weighted by Gasteiger charge is 2.50. The molecule has 24 heteroatoms. The number of aryl methyl sites for hydroxylation is 1. The highest BCUT2D eigenvalue weighted by atomic mass is 19.4. The molecule has 0 radical (unpaired) electrons. The molecule has 4 saturated heterocycles. The highest BCUT2D eigenvalue weighted by molar-refractivity contribution is 6.11. The van der Waals surface area contributed by atoms with Crippen molar-refractivity contribution in [2.75, 3.05) is 50.0 Å². The van der Waals surface area contributed by atoms with Gasteiger partial charge in [0.1, 0.15) is 30.1 Å². The van der Waals surface area contributed by atoms with Crippen molar-refractivity contribution in [3.63, 3.8) is 0 Å². The van der Waals surface area contributed by atoms with E-state index in [-0.39, 0.29) is 98.5 Å². The third-order valence-electron chi connectivity index (χ3n) is 13.9. The number of carbonyl (C=O) groups excluding carboxylic acids is 3. The molecule has 2 unspecified atom stereocenters. The SMILES string of the molecule is CC/C(C(=O)O)=C(\C(=O)O)N1C(=O)CCC1=O.Cc1cc(N)nc(C2Cc3nc(OC[C@@]45CCCN4C[C@H](F)C5)nc(N4CCN(C(=O)/C=C/c5nc(C(C)C)no5)[C@@H](CC#N)C4)c3CC2C)c1C(F)(F)F. The number of nitriles is 1. The van der Waals surface area contributed by atoms with Crippen molar-refractivity contribution in [2.24, 2.45) is 5.92 Å². The number of rotatable bonds is 13. The van der Waals surface area contributed by atoms with Gasteiger partial charge in [-0.25, -0.2) is 23.9 Å². The number of piperazine rings is 1. The Balaban J connectivity index is 0.000000380. The summed E-state index contributed by atoms with van der Waals surface area (Å²) in [4.78, 5) is 82.6. The van der Waals surface area contributed by atoms with Gasteiger partial charge >= 0.3 is 24.1 Å². The number of aliphatic carboxylic acids is 2. The fourth-order valence-corrected chi connectivity index (χ4v) is 10.5. The molecule has 7 heterocycles. The molecular formula is C48H57F4N11O9. The summed E-state index contributed by atoms with van der Waals surface area (Å²) in [6.07, 6.45) is -0.492. The summed E-state index contributed by atoms with van der Waals surface area (Å²) in [5.41, 5.74) is 4.75. The van der Waals surface area contributed by atoms with Crippen molar-refractivity contribution in [1.29, 1.82) is 5.26 Å². The van der Waals surface area contributed by atoms with Crippen LogP contribution in [0.4, 0.5) is 29.2 Å². The summed E-state index contributed by atoms with van der Waals surface area (Å²) in [7, 11) is 0. The first kappa shape index (κ1) is 52.8. The minimum Gasteiger partial charge on any atom is -0.478 e. The third-order valence-corrected chi connectivity index (χ3v) is 13.9. The van der Waals surface area contributed by atoms with E-state index in [0.29, 0.717) is 48.2 Å². The molecule has 5 aliphatic rings. The van der Waals surface area contributed by atoms with Crippen LogP contribution in [0.1, 0.15) is 124 Å². The Morgan fingerprint density at radius 1 is 1.06 bits per heavy atom. The van der Waals surface area contributed by atoms with Gasteiger partial charge in [-0.15, -0.1) is 0 Å². The van der Waals surface area contributed by atoms with Gasteiger partial charge in [-0.1, -0.05) is 32.9 Å². The van der Waals surface area contributed by atoms with Gasteiger partial charge in [0.2, 0.25) is 17.7 Å². The van der Waals surface area contributed by atoms with E-state index in [2.05, 4.69) is 26.1 Å². The molecule has 72 heavy (non-hydrogen) atoms. The molecule has 0 saturated carbocycles. The second-order valence-electron chi connectivity index (χ2n) is 19.1. The molecule has 3 aromatic rings. The van der Waals surface area contributed by atoms with Gasteiger partial charge in [-0.2, -0.15) is 33.4 Å². The lowest BCUT2D eigenvalue weighted by Gasteiger charge is -2.42. The molecule has 0 spiro atoms. The minimum absolute atomic E-state index is 0.00620. The van der Waals surface area contributed by atoms with Crippen LogP contribution >= 0.6 is 0 Å². The molecule has 3 aromatic heterocycles. The maximum atomic E-state index is 14.6. The van der Waals surface area contributed by atoms with E-state index in [1.54, 1.807) is 4.90 Å². The molecule has 0 aromatic carbocycles. The number of hydrogen-bond acceptors (Lipinski definition) is 16. The standard InChI is InChI=1S/C38H46F4N10O3.C10H11NO6/c1-21(2)34-47-30(55-49-34)6-7-31(53)52-13-12-50(19-25(52)8-10-43)35-27-14-22(3)26(33-32(38(40,41)42)23(4)15-29(44)46-33)16-28(27)45-36(48-35)54-20-37-9-5-11-51(37)18-24(39)17-37;1-2-5(9(14)15)8(10(16)17)11-6(12)3-4-7(11)13/h6-7,15,21-22,24-26H,5,8-9,11-14,16-20H2,1-4H3,(H2,44,46);2-4H2,1H3,(H,14,15)(H,16,17)/b7-6+;8-5-/t22?,24-,25+,26?,37+;/m1./s1. The van der Waals surface area contributed by atoms with E-state index in [1.807, 2.05) is 25.7 Å². The summed E-state index contributed by atoms with van der Waals surface area (Å²) in [6, 6.07) is 2.99.